The van der Waals surface area contributed by atoms with Crippen LogP contribution in [0.1, 0.15) is 31.2 Å². The fourth-order valence-electron chi connectivity index (χ4n) is 2.16. The van der Waals surface area contributed by atoms with Crippen molar-refractivity contribution in [1.82, 2.24) is 9.36 Å². The molecule has 2 aromatic rings. The van der Waals surface area contributed by atoms with E-state index in [9.17, 15) is 0 Å². The Labute approximate surface area is 129 Å². The van der Waals surface area contributed by atoms with Crippen LogP contribution < -0.4 is 15.8 Å². The Kier molecular flexibility index (Phi) is 5.95. The summed E-state index contributed by atoms with van der Waals surface area (Å²) < 4.78 is 9.77. The van der Waals surface area contributed by atoms with Crippen LogP contribution in [0.25, 0.3) is 0 Å². The second-order valence-corrected chi connectivity index (χ2v) is 5.58. The number of anilines is 1. The second kappa shape index (κ2) is 7.95. The molecule has 0 fully saturated rings. The molecule has 2 rings (SSSR count). The Morgan fingerprint density at radius 3 is 2.90 bits per heavy atom. The molecule has 0 amide bonds. The van der Waals surface area contributed by atoms with Crippen LogP contribution in [0.5, 0.6) is 5.75 Å². The van der Waals surface area contributed by atoms with E-state index in [1.165, 1.54) is 11.5 Å². The molecule has 3 N–H and O–H groups in total. The van der Waals surface area contributed by atoms with E-state index in [0.29, 0.717) is 19.0 Å². The van der Waals surface area contributed by atoms with Crippen molar-refractivity contribution in [2.75, 3.05) is 19.0 Å². The topological polar surface area (TPSA) is 73.1 Å². The van der Waals surface area contributed by atoms with Crippen molar-refractivity contribution in [2.24, 2.45) is 5.73 Å². The maximum absolute atomic E-state index is 5.61. The van der Waals surface area contributed by atoms with E-state index in [1.807, 2.05) is 24.3 Å². The monoisotopic (exact) mass is 306 g/mol. The third kappa shape index (κ3) is 4.41. The predicted octanol–water partition coefficient (Wildman–Crippen LogP) is 2.68. The van der Waals surface area contributed by atoms with E-state index < -0.39 is 0 Å². The number of rotatable bonds is 8. The molecule has 0 aliphatic rings. The molecule has 0 bridgehead atoms. The van der Waals surface area contributed by atoms with Gasteiger partial charge in [0.15, 0.2) is 0 Å². The van der Waals surface area contributed by atoms with Gasteiger partial charge in [-0.05, 0) is 25.5 Å². The molecule has 0 saturated heterocycles. The number of aromatic nitrogens is 2. The van der Waals surface area contributed by atoms with Gasteiger partial charge in [-0.1, -0.05) is 25.1 Å². The van der Waals surface area contributed by atoms with Gasteiger partial charge in [0.2, 0.25) is 5.13 Å². The molecule has 5 nitrogen and oxygen atoms in total. The Bertz CT molecular complexity index is 558. The predicted molar refractivity (Wildman–Crippen MR) is 87.1 cm³/mol. The highest BCUT2D eigenvalue weighted by Crippen LogP contribution is 2.22. The van der Waals surface area contributed by atoms with E-state index in [1.54, 1.807) is 7.11 Å². The first kappa shape index (κ1) is 15.7. The van der Waals surface area contributed by atoms with E-state index >= 15 is 0 Å². The second-order valence-electron chi connectivity index (χ2n) is 4.83. The maximum atomic E-state index is 5.61. The fourth-order valence-corrected chi connectivity index (χ4v) is 2.82. The van der Waals surface area contributed by atoms with Gasteiger partial charge in [0.05, 0.1) is 7.11 Å². The van der Waals surface area contributed by atoms with Gasteiger partial charge in [0.1, 0.15) is 11.6 Å². The SMILES string of the molecule is CCC(CCN)Nc1nc(Cc2ccccc2OC)ns1. The molecule has 1 heterocycles. The van der Waals surface area contributed by atoms with Gasteiger partial charge in [-0.2, -0.15) is 4.37 Å². The highest BCUT2D eigenvalue weighted by atomic mass is 32.1. The number of nitrogens with two attached hydrogens (primary N) is 1. The summed E-state index contributed by atoms with van der Waals surface area (Å²) in [4.78, 5) is 4.55. The molecule has 0 saturated carbocycles. The van der Waals surface area contributed by atoms with Crippen molar-refractivity contribution in [3.05, 3.63) is 35.7 Å². The quantitative estimate of drug-likeness (QED) is 0.784. The molecule has 1 atom stereocenters. The van der Waals surface area contributed by atoms with E-state index in [2.05, 4.69) is 21.6 Å². The normalized spacial score (nSPS) is 12.1. The Morgan fingerprint density at radius 2 is 2.19 bits per heavy atom. The van der Waals surface area contributed by atoms with Gasteiger partial charge in [-0.25, -0.2) is 4.98 Å². The van der Waals surface area contributed by atoms with Crippen molar-refractivity contribution < 1.29 is 4.74 Å². The van der Waals surface area contributed by atoms with Gasteiger partial charge in [0, 0.05) is 29.6 Å². The van der Waals surface area contributed by atoms with Crippen LogP contribution in [-0.4, -0.2) is 29.1 Å². The Balaban J connectivity index is 2.03. The highest BCUT2D eigenvalue weighted by molar-refractivity contribution is 7.09. The van der Waals surface area contributed by atoms with Gasteiger partial charge < -0.3 is 15.8 Å². The standard InChI is InChI=1S/C15H22N4OS/c1-3-12(8-9-16)17-15-18-14(19-21-15)10-11-6-4-5-7-13(11)20-2/h4-7,12H,3,8-10,16H2,1-2H3,(H,17,18,19). The number of nitrogens with one attached hydrogen (secondary N) is 1. The summed E-state index contributed by atoms with van der Waals surface area (Å²) in [6.07, 6.45) is 2.65. The van der Waals surface area contributed by atoms with Crippen molar-refractivity contribution >= 4 is 16.7 Å². The zero-order valence-electron chi connectivity index (χ0n) is 12.5. The largest absolute Gasteiger partial charge is 0.496 e. The first-order valence-corrected chi connectivity index (χ1v) is 7.95. The van der Waals surface area contributed by atoms with Crippen LogP contribution >= 0.6 is 11.5 Å². The molecule has 1 aromatic carbocycles. The first-order chi connectivity index (χ1) is 10.3. The molecular weight excluding hydrogens is 284 g/mol. The maximum Gasteiger partial charge on any atom is 0.202 e. The smallest absolute Gasteiger partial charge is 0.202 e. The summed E-state index contributed by atoms with van der Waals surface area (Å²) in [7, 11) is 1.68. The zero-order valence-corrected chi connectivity index (χ0v) is 13.3. The van der Waals surface area contributed by atoms with E-state index in [0.717, 1.165) is 35.1 Å². The summed E-state index contributed by atoms with van der Waals surface area (Å²) >= 11 is 1.40. The van der Waals surface area contributed by atoms with Gasteiger partial charge in [0.25, 0.3) is 0 Å². The molecule has 21 heavy (non-hydrogen) atoms. The van der Waals surface area contributed by atoms with Crippen molar-refractivity contribution in [3.63, 3.8) is 0 Å². The van der Waals surface area contributed by atoms with Crippen LogP contribution in [0.2, 0.25) is 0 Å². The third-order valence-electron chi connectivity index (χ3n) is 3.34. The number of para-hydroxylation sites is 1. The zero-order chi connectivity index (χ0) is 15.1. The number of hydrogen-bond donors (Lipinski definition) is 2. The number of methoxy groups -OCH3 is 1. The lowest BCUT2D eigenvalue weighted by atomic mass is 10.1. The third-order valence-corrected chi connectivity index (χ3v) is 4.03. The molecule has 0 spiro atoms. The molecule has 1 aromatic heterocycles. The molecule has 0 radical (unpaired) electrons. The van der Waals surface area contributed by atoms with Gasteiger partial charge in [-0.3, -0.25) is 0 Å². The minimum atomic E-state index is 0.363. The van der Waals surface area contributed by atoms with Crippen molar-refractivity contribution in [3.8, 4) is 5.75 Å². The summed E-state index contributed by atoms with van der Waals surface area (Å²) in [5.41, 5.74) is 6.71. The summed E-state index contributed by atoms with van der Waals surface area (Å²) in [6.45, 7) is 2.82. The number of hydrogen-bond acceptors (Lipinski definition) is 6. The molecule has 0 aliphatic heterocycles. The van der Waals surface area contributed by atoms with Crippen LogP contribution in [-0.2, 0) is 6.42 Å². The highest BCUT2D eigenvalue weighted by Gasteiger charge is 2.11. The number of benzene rings is 1. The molecular formula is C15H22N4OS. The van der Waals surface area contributed by atoms with Crippen molar-refractivity contribution in [1.29, 1.82) is 0 Å². The average molecular weight is 306 g/mol. The number of nitrogens with zero attached hydrogens (tertiary/aromatic N) is 2. The molecule has 114 valence electrons. The Morgan fingerprint density at radius 1 is 1.38 bits per heavy atom. The van der Waals surface area contributed by atoms with Crippen molar-refractivity contribution in [2.45, 2.75) is 32.2 Å². The van der Waals surface area contributed by atoms with Gasteiger partial charge in [-0.15, -0.1) is 0 Å². The van der Waals surface area contributed by atoms with Gasteiger partial charge >= 0.3 is 0 Å². The lowest BCUT2D eigenvalue weighted by Gasteiger charge is -2.14. The molecule has 0 aliphatic carbocycles. The minimum absolute atomic E-state index is 0.363. The summed E-state index contributed by atoms with van der Waals surface area (Å²) in [6, 6.07) is 8.31. The van der Waals surface area contributed by atoms with E-state index in [-0.39, 0.29) is 0 Å². The minimum Gasteiger partial charge on any atom is -0.496 e. The van der Waals surface area contributed by atoms with Crippen LogP contribution in [0, 0.1) is 0 Å². The first-order valence-electron chi connectivity index (χ1n) is 7.17. The molecule has 1 unspecified atom stereocenters. The summed E-state index contributed by atoms with van der Waals surface area (Å²) in [5.74, 6) is 1.69. The molecule has 6 heteroatoms. The lowest BCUT2D eigenvalue weighted by molar-refractivity contribution is 0.410. The Hall–Kier alpha value is -1.66. The fraction of sp³-hybridized carbons (Fsp3) is 0.467. The summed E-state index contributed by atoms with van der Waals surface area (Å²) in [5, 5.41) is 4.26. The van der Waals surface area contributed by atoms with Crippen LogP contribution in [0.4, 0.5) is 5.13 Å². The average Bonchev–Trinajstić information content (AvgIpc) is 2.94. The number of ether oxygens (including phenoxy) is 1. The van der Waals surface area contributed by atoms with E-state index in [4.69, 9.17) is 10.5 Å². The van der Waals surface area contributed by atoms with Crippen LogP contribution in [0.3, 0.4) is 0 Å². The van der Waals surface area contributed by atoms with Crippen LogP contribution in [0.15, 0.2) is 24.3 Å². The lowest BCUT2D eigenvalue weighted by Crippen LogP contribution is -2.22.